The Morgan fingerprint density at radius 2 is 2.22 bits per heavy atom. The molecule has 0 radical (unpaired) electrons. The summed E-state index contributed by atoms with van der Waals surface area (Å²) in [4.78, 5) is 10.3. The Morgan fingerprint density at radius 3 is 2.91 bits per heavy atom. The van der Waals surface area contributed by atoms with E-state index < -0.39 is 4.92 Å². The van der Waals surface area contributed by atoms with Gasteiger partial charge in [0.05, 0.1) is 11.1 Å². The molecule has 1 aromatic carbocycles. The van der Waals surface area contributed by atoms with Gasteiger partial charge in [-0.15, -0.1) is 0 Å². The number of benzene rings is 1. The topological polar surface area (TPSA) is 79.6 Å². The molecule has 1 aromatic rings. The summed E-state index contributed by atoms with van der Waals surface area (Å²) < 4.78 is 0. The van der Waals surface area contributed by atoms with Crippen LogP contribution in [0, 0.1) is 16.0 Å². The van der Waals surface area contributed by atoms with Crippen molar-refractivity contribution in [3.8, 4) is 0 Å². The average Bonchev–Trinajstić information content (AvgIpc) is 2.51. The summed E-state index contributed by atoms with van der Waals surface area (Å²) in [6.45, 7) is 2.21. The molecule has 1 fully saturated rings. The fourth-order valence-electron chi connectivity index (χ4n) is 2.64. The van der Waals surface area contributed by atoms with Crippen molar-refractivity contribution < 1.29 is 4.92 Å². The fraction of sp³-hybridized carbons (Fsp3) is 0.467. The minimum absolute atomic E-state index is 0.0346. The number of halogens is 1. The van der Waals surface area contributed by atoms with E-state index in [-0.39, 0.29) is 5.69 Å². The largest absolute Gasteiger partial charge is 0.358 e. The van der Waals surface area contributed by atoms with E-state index in [4.69, 9.17) is 23.8 Å². The monoisotopic (exact) mass is 354 g/mol. The number of hydrazone groups is 1. The lowest BCUT2D eigenvalue weighted by Crippen LogP contribution is -2.44. The van der Waals surface area contributed by atoms with Crippen LogP contribution in [0.25, 0.3) is 0 Å². The van der Waals surface area contributed by atoms with Crippen molar-refractivity contribution in [3.63, 3.8) is 0 Å². The maximum Gasteiger partial charge on any atom is 0.270 e. The fourth-order valence-corrected chi connectivity index (χ4v) is 3.01. The zero-order chi connectivity index (χ0) is 16.8. The van der Waals surface area contributed by atoms with Gasteiger partial charge in [0.2, 0.25) is 0 Å². The zero-order valence-electron chi connectivity index (χ0n) is 12.8. The number of hydrogen-bond acceptors (Lipinski definition) is 4. The average molecular weight is 355 g/mol. The highest BCUT2D eigenvalue weighted by molar-refractivity contribution is 7.80. The third-order valence-corrected chi connectivity index (χ3v) is 4.54. The molecule has 23 heavy (non-hydrogen) atoms. The number of nitro benzene ring substituents is 1. The molecule has 0 bridgehead atoms. The summed E-state index contributed by atoms with van der Waals surface area (Å²) in [5, 5.41) is 18.9. The molecule has 0 spiro atoms. The number of rotatable bonds is 4. The van der Waals surface area contributed by atoms with Crippen molar-refractivity contribution in [1.82, 2.24) is 10.7 Å². The molecular formula is C15H19ClN4O2S. The highest BCUT2D eigenvalue weighted by Gasteiger charge is 2.21. The summed E-state index contributed by atoms with van der Waals surface area (Å²) in [6, 6.07) is 4.55. The molecule has 0 unspecified atom stereocenters. The predicted octanol–water partition coefficient (Wildman–Crippen LogP) is 3.62. The normalized spacial score (nSPS) is 21.1. The Morgan fingerprint density at radius 1 is 1.48 bits per heavy atom. The van der Waals surface area contributed by atoms with Gasteiger partial charge in [-0.3, -0.25) is 15.5 Å². The van der Waals surface area contributed by atoms with E-state index in [1.54, 1.807) is 0 Å². The van der Waals surface area contributed by atoms with Crippen molar-refractivity contribution in [1.29, 1.82) is 0 Å². The first-order valence-corrected chi connectivity index (χ1v) is 8.29. The van der Waals surface area contributed by atoms with Crippen molar-refractivity contribution in [2.75, 3.05) is 0 Å². The maximum absolute atomic E-state index is 10.8. The standard InChI is InChI=1S/C15H19ClN4O2S/c1-10-4-2-3-5-14(10)18-15(23)19-17-9-11-8-12(20(21)22)6-7-13(11)16/h6-10,14H,2-5H2,1H3,(H2,18,19,23)/b17-9-/t10-,14+/m0/s1. The van der Waals surface area contributed by atoms with Crippen LogP contribution in [0.1, 0.15) is 38.2 Å². The lowest BCUT2D eigenvalue weighted by atomic mass is 9.86. The highest BCUT2D eigenvalue weighted by atomic mass is 35.5. The van der Waals surface area contributed by atoms with Gasteiger partial charge < -0.3 is 5.32 Å². The smallest absolute Gasteiger partial charge is 0.270 e. The summed E-state index contributed by atoms with van der Waals surface area (Å²) >= 11 is 11.2. The molecule has 1 saturated carbocycles. The third-order valence-electron chi connectivity index (χ3n) is 3.99. The molecule has 0 saturated heterocycles. The minimum Gasteiger partial charge on any atom is -0.358 e. The van der Waals surface area contributed by atoms with Gasteiger partial charge in [0.1, 0.15) is 0 Å². The molecule has 0 heterocycles. The van der Waals surface area contributed by atoms with E-state index in [1.807, 2.05) is 0 Å². The van der Waals surface area contributed by atoms with E-state index >= 15 is 0 Å². The highest BCUT2D eigenvalue weighted by Crippen LogP contribution is 2.23. The molecule has 2 N–H and O–H groups in total. The van der Waals surface area contributed by atoms with Crippen LogP contribution in [-0.4, -0.2) is 22.3 Å². The van der Waals surface area contributed by atoms with Gasteiger partial charge in [-0.05, 0) is 37.0 Å². The summed E-state index contributed by atoms with van der Waals surface area (Å²) in [5.41, 5.74) is 3.16. The van der Waals surface area contributed by atoms with Gasteiger partial charge in [-0.2, -0.15) is 5.10 Å². The molecule has 0 amide bonds. The second-order valence-electron chi connectivity index (χ2n) is 5.67. The lowest BCUT2D eigenvalue weighted by molar-refractivity contribution is -0.384. The van der Waals surface area contributed by atoms with Gasteiger partial charge in [-0.1, -0.05) is 31.4 Å². The number of nitrogens with zero attached hydrogens (tertiary/aromatic N) is 2. The molecule has 1 aliphatic rings. The van der Waals surface area contributed by atoms with Crippen LogP contribution in [0.4, 0.5) is 5.69 Å². The van der Waals surface area contributed by atoms with Crippen LogP contribution >= 0.6 is 23.8 Å². The van der Waals surface area contributed by atoms with E-state index in [2.05, 4.69) is 22.8 Å². The maximum atomic E-state index is 10.8. The van der Waals surface area contributed by atoms with Crippen molar-refractivity contribution in [2.24, 2.45) is 11.0 Å². The number of hydrogen-bond donors (Lipinski definition) is 2. The van der Waals surface area contributed by atoms with Gasteiger partial charge in [0.15, 0.2) is 5.11 Å². The molecule has 0 aliphatic heterocycles. The van der Waals surface area contributed by atoms with E-state index in [0.29, 0.717) is 27.7 Å². The Kier molecular flexibility index (Phi) is 6.29. The van der Waals surface area contributed by atoms with Crippen molar-refractivity contribution in [2.45, 2.75) is 38.6 Å². The zero-order valence-corrected chi connectivity index (χ0v) is 14.4. The van der Waals surface area contributed by atoms with Crippen LogP contribution in [-0.2, 0) is 0 Å². The molecule has 0 aromatic heterocycles. The number of non-ortho nitro benzene ring substituents is 1. The molecule has 6 nitrogen and oxygen atoms in total. The molecular weight excluding hydrogens is 336 g/mol. The molecule has 124 valence electrons. The van der Waals surface area contributed by atoms with Gasteiger partial charge >= 0.3 is 0 Å². The number of nitro groups is 1. The number of thiocarbonyl (C=S) groups is 1. The molecule has 2 atom stereocenters. The van der Waals surface area contributed by atoms with E-state index in [0.717, 1.165) is 6.42 Å². The second kappa shape index (κ2) is 8.21. The first kappa shape index (κ1) is 17.6. The Labute approximate surface area is 145 Å². The second-order valence-corrected chi connectivity index (χ2v) is 6.49. The first-order chi connectivity index (χ1) is 11.0. The van der Waals surface area contributed by atoms with Crippen LogP contribution in [0.2, 0.25) is 5.02 Å². The summed E-state index contributed by atoms with van der Waals surface area (Å²) in [7, 11) is 0. The molecule has 2 rings (SSSR count). The van der Waals surface area contributed by atoms with Crippen LogP contribution < -0.4 is 10.7 Å². The van der Waals surface area contributed by atoms with Gasteiger partial charge in [0.25, 0.3) is 5.69 Å². The SMILES string of the molecule is C[C@H]1CCCC[C@H]1NC(=S)N/N=C\c1cc([N+](=O)[O-])ccc1Cl. The van der Waals surface area contributed by atoms with Crippen molar-refractivity contribution >= 4 is 40.8 Å². The van der Waals surface area contributed by atoms with E-state index in [1.165, 1.54) is 43.7 Å². The molecule has 1 aliphatic carbocycles. The molecule has 8 heteroatoms. The Bertz CT molecular complexity index is 623. The lowest BCUT2D eigenvalue weighted by Gasteiger charge is -2.30. The van der Waals surface area contributed by atoms with Crippen LogP contribution in [0.15, 0.2) is 23.3 Å². The third kappa shape index (κ3) is 5.14. The van der Waals surface area contributed by atoms with Gasteiger partial charge in [0, 0.05) is 28.8 Å². The van der Waals surface area contributed by atoms with Crippen LogP contribution in [0.3, 0.4) is 0 Å². The van der Waals surface area contributed by atoms with Crippen LogP contribution in [0.5, 0.6) is 0 Å². The van der Waals surface area contributed by atoms with E-state index in [9.17, 15) is 10.1 Å². The Balaban J connectivity index is 1.92. The first-order valence-electron chi connectivity index (χ1n) is 7.51. The van der Waals surface area contributed by atoms with Gasteiger partial charge in [-0.25, -0.2) is 0 Å². The Hall–Kier alpha value is -1.73. The summed E-state index contributed by atoms with van der Waals surface area (Å²) in [6.07, 6.45) is 6.20. The quantitative estimate of drug-likeness (QED) is 0.373. The number of nitrogens with one attached hydrogen (secondary N) is 2. The van der Waals surface area contributed by atoms with Crippen molar-refractivity contribution in [3.05, 3.63) is 38.9 Å². The predicted molar refractivity (Wildman–Crippen MR) is 96.0 cm³/mol. The summed E-state index contributed by atoms with van der Waals surface area (Å²) in [5.74, 6) is 0.582. The minimum atomic E-state index is -0.474.